The number of hydrogen-bond acceptors (Lipinski definition) is 5. The summed E-state index contributed by atoms with van der Waals surface area (Å²) in [6.07, 6.45) is 4.80. The van der Waals surface area contributed by atoms with Crippen LogP contribution in [0.25, 0.3) is 0 Å². The monoisotopic (exact) mass is 358 g/mol. The van der Waals surface area contributed by atoms with Gasteiger partial charge in [-0.15, -0.1) is 0 Å². The average Bonchev–Trinajstić information content (AvgIpc) is 3.25. The van der Waals surface area contributed by atoms with Gasteiger partial charge in [0.2, 0.25) is 0 Å². The number of rotatable bonds is 3. The number of H-pyrrole nitrogens is 1. The van der Waals surface area contributed by atoms with E-state index in [0.717, 1.165) is 12.8 Å². The van der Waals surface area contributed by atoms with E-state index in [4.69, 9.17) is 9.47 Å². The number of amides is 1. The third kappa shape index (κ3) is 3.42. The molecule has 8 nitrogen and oxygen atoms in total. The Hall–Kier alpha value is -2.45. The van der Waals surface area contributed by atoms with E-state index in [0.29, 0.717) is 38.5 Å². The first-order chi connectivity index (χ1) is 12.7. The maximum Gasteiger partial charge on any atom is 0.270 e. The third-order valence-electron chi connectivity index (χ3n) is 4.97. The SMILES string of the molecule is O=C(c1ccc[nH]1)N1CCOCC2(CCC(Cn3ncccc3=O)O2)C1. The molecule has 26 heavy (non-hydrogen) atoms. The molecule has 1 amide bonds. The first kappa shape index (κ1) is 17.0. The van der Waals surface area contributed by atoms with E-state index >= 15 is 0 Å². The Kier molecular flexibility index (Phi) is 4.60. The van der Waals surface area contributed by atoms with Crippen molar-refractivity contribution in [3.8, 4) is 0 Å². The lowest BCUT2D eigenvalue weighted by Gasteiger charge is -2.31. The van der Waals surface area contributed by atoms with Crippen molar-refractivity contribution < 1.29 is 14.3 Å². The van der Waals surface area contributed by atoms with Crippen LogP contribution in [-0.2, 0) is 16.0 Å². The Morgan fingerprint density at radius 1 is 1.38 bits per heavy atom. The highest BCUT2D eigenvalue weighted by atomic mass is 16.6. The van der Waals surface area contributed by atoms with Crippen LogP contribution >= 0.6 is 0 Å². The van der Waals surface area contributed by atoms with Crippen molar-refractivity contribution in [1.82, 2.24) is 19.7 Å². The molecule has 1 N–H and O–H groups in total. The first-order valence-corrected chi connectivity index (χ1v) is 8.86. The Bertz CT molecular complexity index is 819. The van der Waals surface area contributed by atoms with Crippen molar-refractivity contribution >= 4 is 5.91 Å². The lowest BCUT2D eigenvalue weighted by Crippen LogP contribution is -2.47. The minimum atomic E-state index is -0.526. The van der Waals surface area contributed by atoms with Crippen LogP contribution in [0.4, 0.5) is 0 Å². The summed E-state index contributed by atoms with van der Waals surface area (Å²) >= 11 is 0. The Balaban J connectivity index is 1.46. The summed E-state index contributed by atoms with van der Waals surface area (Å²) in [5.74, 6) is -0.0483. The molecule has 2 atom stereocenters. The fourth-order valence-electron chi connectivity index (χ4n) is 3.68. The van der Waals surface area contributed by atoms with Crippen molar-refractivity contribution in [1.29, 1.82) is 0 Å². The summed E-state index contributed by atoms with van der Waals surface area (Å²) in [5.41, 5.74) is -0.101. The van der Waals surface area contributed by atoms with E-state index in [1.807, 2.05) is 6.07 Å². The van der Waals surface area contributed by atoms with Gasteiger partial charge in [0.15, 0.2) is 0 Å². The minimum Gasteiger partial charge on any atom is -0.377 e. The topological polar surface area (TPSA) is 89.5 Å². The molecule has 2 aromatic rings. The average molecular weight is 358 g/mol. The van der Waals surface area contributed by atoms with Crippen LogP contribution in [0.2, 0.25) is 0 Å². The largest absolute Gasteiger partial charge is 0.377 e. The molecule has 2 unspecified atom stereocenters. The Labute approximate surface area is 150 Å². The van der Waals surface area contributed by atoms with Crippen molar-refractivity contribution in [2.24, 2.45) is 0 Å². The lowest BCUT2D eigenvalue weighted by molar-refractivity contribution is -0.0883. The molecule has 0 aliphatic carbocycles. The Morgan fingerprint density at radius 2 is 2.31 bits per heavy atom. The second-order valence-electron chi connectivity index (χ2n) is 6.87. The van der Waals surface area contributed by atoms with E-state index in [1.54, 1.807) is 29.4 Å². The van der Waals surface area contributed by atoms with Crippen LogP contribution in [0.15, 0.2) is 41.5 Å². The van der Waals surface area contributed by atoms with Crippen LogP contribution in [0, 0.1) is 0 Å². The van der Waals surface area contributed by atoms with E-state index in [9.17, 15) is 9.59 Å². The smallest absolute Gasteiger partial charge is 0.270 e. The van der Waals surface area contributed by atoms with Crippen molar-refractivity contribution in [3.63, 3.8) is 0 Å². The van der Waals surface area contributed by atoms with Crippen LogP contribution in [-0.4, -0.2) is 63.6 Å². The number of aromatic amines is 1. The van der Waals surface area contributed by atoms with Crippen molar-refractivity contribution in [2.75, 3.05) is 26.3 Å². The van der Waals surface area contributed by atoms with Gasteiger partial charge < -0.3 is 19.4 Å². The van der Waals surface area contributed by atoms with E-state index in [-0.39, 0.29) is 17.6 Å². The highest BCUT2D eigenvalue weighted by molar-refractivity contribution is 5.92. The van der Waals surface area contributed by atoms with E-state index in [2.05, 4.69) is 10.1 Å². The molecule has 8 heteroatoms. The summed E-state index contributed by atoms with van der Waals surface area (Å²) in [7, 11) is 0. The molecule has 0 saturated carbocycles. The van der Waals surface area contributed by atoms with Gasteiger partial charge in [0.1, 0.15) is 11.3 Å². The maximum absolute atomic E-state index is 12.7. The molecular weight excluding hydrogens is 336 g/mol. The molecule has 4 heterocycles. The summed E-state index contributed by atoms with van der Waals surface area (Å²) in [5, 5.41) is 4.10. The van der Waals surface area contributed by atoms with Crippen LogP contribution in [0.3, 0.4) is 0 Å². The fourth-order valence-corrected chi connectivity index (χ4v) is 3.68. The van der Waals surface area contributed by atoms with Gasteiger partial charge in [-0.2, -0.15) is 5.10 Å². The predicted octanol–water partition coefficient (Wildman–Crippen LogP) is 0.662. The maximum atomic E-state index is 12.7. The lowest BCUT2D eigenvalue weighted by atomic mass is 10.00. The summed E-state index contributed by atoms with van der Waals surface area (Å²) in [6, 6.07) is 6.69. The van der Waals surface area contributed by atoms with Crippen LogP contribution < -0.4 is 5.56 Å². The van der Waals surface area contributed by atoms with Gasteiger partial charge in [-0.3, -0.25) is 9.59 Å². The standard InChI is InChI=1S/C18H22N4O4/c23-16-4-2-8-20-22(16)11-14-5-6-18(26-14)12-21(9-10-25-13-18)17(24)15-3-1-7-19-15/h1-4,7-8,14,19H,5-6,9-13H2. The predicted molar refractivity (Wildman–Crippen MR) is 92.9 cm³/mol. The summed E-state index contributed by atoms with van der Waals surface area (Å²) in [4.78, 5) is 29.3. The molecule has 4 rings (SSSR count). The molecule has 2 saturated heterocycles. The van der Waals surface area contributed by atoms with Gasteiger partial charge in [-0.25, -0.2) is 4.68 Å². The number of nitrogens with zero attached hydrogens (tertiary/aromatic N) is 3. The van der Waals surface area contributed by atoms with Gasteiger partial charge in [-0.05, 0) is 31.0 Å². The molecule has 138 valence electrons. The van der Waals surface area contributed by atoms with Gasteiger partial charge >= 0.3 is 0 Å². The number of carbonyl (C=O) groups is 1. The minimum absolute atomic E-state index is 0.0483. The third-order valence-corrected chi connectivity index (χ3v) is 4.97. The number of ether oxygens (including phenoxy) is 2. The molecule has 0 bridgehead atoms. The highest BCUT2D eigenvalue weighted by Gasteiger charge is 2.44. The van der Waals surface area contributed by atoms with Crippen molar-refractivity contribution in [3.05, 3.63) is 52.7 Å². The second kappa shape index (κ2) is 7.05. The Morgan fingerprint density at radius 3 is 3.12 bits per heavy atom. The molecule has 1 spiro atoms. The molecular formula is C18H22N4O4. The van der Waals surface area contributed by atoms with Gasteiger partial charge in [-0.1, -0.05) is 0 Å². The van der Waals surface area contributed by atoms with Gasteiger partial charge in [0.25, 0.3) is 11.5 Å². The molecule has 0 radical (unpaired) electrons. The van der Waals surface area contributed by atoms with E-state index in [1.165, 1.54) is 10.7 Å². The zero-order valence-corrected chi connectivity index (χ0v) is 14.5. The quantitative estimate of drug-likeness (QED) is 0.871. The number of aromatic nitrogens is 3. The zero-order valence-electron chi connectivity index (χ0n) is 14.5. The molecule has 2 fully saturated rings. The molecule has 2 aliphatic rings. The van der Waals surface area contributed by atoms with E-state index < -0.39 is 5.60 Å². The normalized spacial score (nSPS) is 26.2. The molecule has 2 aromatic heterocycles. The molecule has 0 aromatic carbocycles. The van der Waals surface area contributed by atoms with Gasteiger partial charge in [0, 0.05) is 25.0 Å². The van der Waals surface area contributed by atoms with Gasteiger partial charge in [0.05, 0.1) is 32.4 Å². The highest BCUT2D eigenvalue weighted by Crippen LogP contribution is 2.33. The second-order valence-corrected chi connectivity index (χ2v) is 6.87. The number of nitrogens with one attached hydrogen (secondary N) is 1. The summed E-state index contributed by atoms with van der Waals surface area (Å²) < 4.78 is 13.5. The summed E-state index contributed by atoms with van der Waals surface area (Å²) in [6.45, 7) is 2.37. The number of carbonyl (C=O) groups excluding carboxylic acids is 1. The molecule has 2 aliphatic heterocycles. The first-order valence-electron chi connectivity index (χ1n) is 8.86. The zero-order chi connectivity index (χ0) is 18.0. The fraction of sp³-hybridized carbons (Fsp3) is 0.500. The van der Waals surface area contributed by atoms with Crippen LogP contribution in [0.5, 0.6) is 0 Å². The number of hydrogen-bond donors (Lipinski definition) is 1. The van der Waals surface area contributed by atoms with Crippen molar-refractivity contribution in [2.45, 2.75) is 31.1 Å². The van der Waals surface area contributed by atoms with Crippen LogP contribution in [0.1, 0.15) is 23.3 Å².